The Labute approximate surface area is 111 Å². The fraction of sp³-hybridized carbons (Fsp3) is 0.429. The number of alkyl halides is 3. The lowest BCUT2D eigenvalue weighted by Gasteiger charge is -2.22. The van der Waals surface area contributed by atoms with Crippen LogP contribution in [0, 0.1) is 11.8 Å². The van der Waals surface area contributed by atoms with E-state index < -0.39 is 12.7 Å². The van der Waals surface area contributed by atoms with E-state index in [1.165, 1.54) is 4.90 Å². The molecule has 0 spiro atoms. The molecule has 19 heavy (non-hydrogen) atoms. The molecule has 0 amide bonds. The van der Waals surface area contributed by atoms with Gasteiger partial charge >= 0.3 is 6.18 Å². The summed E-state index contributed by atoms with van der Waals surface area (Å²) in [5, 5.41) is 0. The summed E-state index contributed by atoms with van der Waals surface area (Å²) in [6, 6.07) is 7.19. The van der Waals surface area contributed by atoms with Crippen molar-refractivity contribution in [1.82, 2.24) is 4.90 Å². The average molecular weight is 270 g/mol. The molecule has 0 radical (unpaired) electrons. The van der Waals surface area contributed by atoms with Gasteiger partial charge in [-0.3, -0.25) is 4.90 Å². The van der Waals surface area contributed by atoms with Crippen molar-refractivity contribution >= 4 is 0 Å². The second-order valence-corrected chi connectivity index (χ2v) is 4.08. The highest BCUT2D eigenvalue weighted by molar-refractivity contribution is 5.41. The van der Waals surface area contributed by atoms with Crippen molar-refractivity contribution in [1.29, 1.82) is 0 Å². The van der Waals surface area contributed by atoms with Gasteiger partial charge in [0.1, 0.15) is 0 Å². The minimum absolute atomic E-state index is 0.228. The molecule has 0 unspecified atom stereocenters. The van der Waals surface area contributed by atoms with Gasteiger partial charge in [0.05, 0.1) is 13.1 Å². The van der Waals surface area contributed by atoms with Gasteiger partial charge in [-0.2, -0.15) is 13.2 Å². The predicted octanol–water partition coefficient (Wildman–Crippen LogP) is 2.38. The maximum Gasteiger partial charge on any atom is 0.401 e. The molecule has 0 saturated heterocycles. The number of hydrogen-bond donors (Lipinski definition) is 1. The second kappa shape index (κ2) is 7.17. The van der Waals surface area contributed by atoms with Crippen LogP contribution in [0.1, 0.15) is 18.1 Å². The van der Waals surface area contributed by atoms with Crippen LogP contribution in [-0.2, 0) is 6.54 Å². The van der Waals surface area contributed by atoms with Crippen LogP contribution in [-0.4, -0.2) is 30.7 Å². The fourth-order valence-electron chi connectivity index (χ4n) is 1.70. The Hall–Kier alpha value is -1.51. The summed E-state index contributed by atoms with van der Waals surface area (Å²) in [4.78, 5) is 1.34. The molecule has 0 aliphatic heterocycles. The van der Waals surface area contributed by atoms with Gasteiger partial charge < -0.3 is 5.73 Å². The number of halogens is 3. The molecule has 0 aliphatic carbocycles. The van der Waals surface area contributed by atoms with E-state index >= 15 is 0 Å². The highest BCUT2D eigenvalue weighted by Crippen LogP contribution is 2.19. The zero-order chi connectivity index (χ0) is 14.3. The standard InChI is InChI=1S/C14H17F3N2/c1-2-19(11-14(15,16)17)10-13-7-4-3-6-12(13)8-5-9-18/h3-4,6-7H,2,9-11,18H2,1H3. The van der Waals surface area contributed by atoms with E-state index in [2.05, 4.69) is 11.8 Å². The number of nitrogens with two attached hydrogens (primary N) is 1. The number of hydrogen-bond acceptors (Lipinski definition) is 2. The molecule has 0 bridgehead atoms. The molecular weight excluding hydrogens is 253 g/mol. The minimum Gasteiger partial charge on any atom is -0.320 e. The van der Waals surface area contributed by atoms with Crippen LogP contribution in [0.15, 0.2) is 24.3 Å². The van der Waals surface area contributed by atoms with Crippen molar-refractivity contribution in [2.45, 2.75) is 19.6 Å². The van der Waals surface area contributed by atoms with E-state index in [0.717, 1.165) is 11.1 Å². The van der Waals surface area contributed by atoms with Gasteiger partial charge in [-0.1, -0.05) is 37.0 Å². The van der Waals surface area contributed by atoms with E-state index in [9.17, 15) is 13.2 Å². The van der Waals surface area contributed by atoms with Crippen LogP contribution in [0.5, 0.6) is 0 Å². The lowest BCUT2D eigenvalue weighted by molar-refractivity contribution is -0.146. The molecule has 1 aromatic carbocycles. The second-order valence-electron chi connectivity index (χ2n) is 4.08. The molecule has 0 aromatic heterocycles. The summed E-state index contributed by atoms with van der Waals surface area (Å²) in [5.41, 5.74) is 6.82. The van der Waals surface area contributed by atoms with Gasteiger partial charge in [0, 0.05) is 12.1 Å². The summed E-state index contributed by atoms with van der Waals surface area (Å²) in [6.45, 7) is 1.58. The van der Waals surface area contributed by atoms with Crippen molar-refractivity contribution in [3.63, 3.8) is 0 Å². The maximum absolute atomic E-state index is 12.4. The van der Waals surface area contributed by atoms with Crippen molar-refractivity contribution in [2.75, 3.05) is 19.6 Å². The van der Waals surface area contributed by atoms with Crippen molar-refractivity contribution in [2.24, 2.45) is 5.73 Å². The van der Waals surface area contributed by atoms with E-state index in [0.29, 0.717) is 6.54 Å². The predicted molar refractivity (Wildman–Crippen MR) is 69.4 cm³/mol. The Balaban J connectivity index is 2.85. The summed E-state index contributed by atoms with van der Waals surface area (Å²) in [5.74, 6) is 5.60. The Kier molecular flexibility index (Phi) is 5.87. The SMILES string of the molecule is CCN(Cc1ccccc1C#CCN)CC(F)(F)F. The summed E-state index contributed by atoms with van der Waals surface area (Å²) in [7, 11) is 0. The van der Waals surface area contributed by atoms with Gasteiger partial charge in [-0.15, -0.1) is 0 Å². The first-order valence-corrected chi connectivity index (χ1v) is 6.02. The Morgan fingerprint density at radius 1 is 1.26 bits per heavy atom. The normalized spacial score (nSPS) is 11.3. The van der Waals surface area contributed by atoms with E-state index in [1.54, 1.807) is 25.1 Å². The molecule has 0 aliphatic rings. The fourth-order valence-corrected chi connectivity index (χ4v) is 1.70. The van der Waals surface area contributed by atoms with Crippen molar-refractivity contribution in [3.8, 4) is 11.8 Å². The molecule has 5 heteroatoms. The first-order valence-electron chi connectivity index (χ1n) is 6.02. The van der Waals surface area contributed by atoms with Crippen molar-refractivity contribution in [3.05, 3.63) is 35.4 Å². The first kappa shape index (κ1) is 15.5. The summed E-state index contributed by atoms with van der Waals surface area (Å²) >= 11 is 0. The Morgan fingerprint density at radius 3 is 2.53 bits per heavy atom. The molecule has 1 rings (SSSR count). The van der Waals surface area contributed by atoms with Gasteiger partial charge in [-0.25, -0.2) is 0 Å². The molecule has 0 heterocycles. The summed E-state index contributed by atoms with van der Waals surface area (Å²) < 4.78 is 37.2. The van der Waals surface area contributed by atoms with Crippen LogP contribution in [0.2, 0.25) is 0 Å². The number of nitrogens with zero attached hydrogens (tertiary/aromatic N) is 1. The largest absolute Gasteiger partial charge is 0.401 e. The minimum atomic E-state index is -4.19. The van der Waals surface area contributed by atoms with Crippen LogP contribution in [0.25, 0.3) is 0 Å². The molecule has 0 fully saturated rings. The molecule has 2 nitrogen and oxygen atoms in total. The van der Waals surface area contributed by atoms with E-state index in [4.69, 9.17) is 5.73 Å². The van der Waals surface area contributed by atoms with Gasteiger partial charge in [0.15, 0.2) is 0 Å². The molecule has 0 atom stereocenters. The Morgan fingerprint density at radius 2 is 1.95 bits per heavy atom. The quantitative estimate of drug-likeness (QED) is 0.851. The number of rotatable bonds is 4. The third-order valence-electron chi connectivity index (χ3n) is 2.59. The van der Waals surface area contributed by atoms with Crippen LogP contribution in [0.3, 0.4) is 0 Å². The first-order chi connectivity index (χ1) is 8.96. The maximum atomic E-state index is 12.4. The molecule has 2 N–H and O–H groups in total. The topological polar surface area (TPSA) is 29.3 Å². The van der Waals surface area contributed by atoms with Crippen LogP contribution < -0.4 is 5.73 Å². The van der Waals surface area contributed by atoms with Crippen molar-refractivity contribution < 1.29 is 13.2 Å². The van der Waals surface area contributed by atoms with Gasteiger partial charge in [-0.05, 0) is 18.2 Å². The molecule has 104 valence electrons. The number of benzene rings is 1. The lowest BCUT2D eigenvalue weighted by Crippen LogP contribution is -2.33. The highest BCUT2D eigenvalue weighted by atomic mass is 19.4. The zero-order valence-electron chi connectivity index (χ0n) is 10.8. The van der Waals surface area contributed by atoms with E-state index in [1.807, 2.05) is 6.07 Å². The highest BCUT2D eigenvalue weighted by Gasteiger charge is 2.30. The van der Waals surface area contributed by atoms with Crippen LogP contribution in [0.4, 0.5) is 13.2 Å². The lowest BCUT2D eigenvalue weighted by atomic mass is 10.1. The smallest absolute Gasteiger partial charge is 0.320 e. The third kappa shape index (κ3) is 5.77. The van der Waals surface area contributed by atoms with Crippen LogP contribution >= 0.6 is 0 Å². The molecule has 0 saturated carbocycles. The third-order valence-corrected chi connectivity index (χ3v) is 2.59. The monoisotopic (exact) mass is 270 g/mol. The molecular formula is C14H17F3N2. The average Bonchev–Trinajstić information content (AvgIpc) is 2.35. The van der Waals surface area contributed by atoms with E-state index in [-0.39, 0.29) is 13.1 Å². The van der Waals surface area contributed by atoms with Gasteiger partial charge in [0.25, 0.3) is 0 Å². The Bertz CT molecular complexity index is 458. The zero-order valence-corrected chi connectivity index (χ0v) is 10.8. The molecule has 1 aromatic rings. The van der Waals surface area contributed by atoms with Gasteiger partial charge in [0.2, 0.25) is 0 Å². The summed E-state index contributed by atoms with van der Waals surface area (Å²) in [6.07, 6.45) is -4.19.